The third-order valence-corrected chi connectivity index (χ3v) is 3.77. The molecule has 0 aromatic carbocycles. The summed E-state index contributed by atoms with van der Waals surface area (Å²) in [4.78, 5) is 0. The average molecular weight is 234 g/mol. The van der Waals surface area contributed by atoms with Gasteiger partial charge in [0.1, 0.15) is 0 Å². The predicted molar refractivity (Wildman–Crippen MR) is 62.3 cm³/mol. The van der Waals surface area contributed by atoms with Crippen molar-refractivity contribution in [1.29, 1.82) is 0 Å². The molecule has 1 saturated carbocycles. The van der Waals surface area contributed by atoms with Crippen molar-refractivity contribution < 1.29 is 8.42 Å². The van der Waals surface area contributed by atoms with Gasteiger partial charge in [-0.3, -0.25) is 0 Å². The minimum absolute atomic E-state index is 0.492. The van der Waals surface area contributed by atoms with Crippen LogP contribution < -0.4 is 10.0 Å². The quantitative estimate of drug-likeness (QED) is 0.665. The van der Waals surface area contributed by atoms with E-state index >= 15 is 0 Å². The number of hydrogen-bond donors (Lipinski definition) is 2. The van der Waals surface area contributed by atoms with Gasteiger partial charge < -0.3 is 5.32 Å². The molecule has 15 heavy (non-hydrogen) atoms. The Balaban J connectivity index is 2.07. The molecule has 90 valence electrons. The van der Waals surface area contributed by atoms with Crippen molar-refractivity contribution in [3.63, 3.8) is 0 Å². The third-order valence-electron chi connectivity index (χ3n) is 3.04. The standard InChI is InChI=1S/C10H22N2O2S/c1-3-9-4-5-10(8-9)11-6-7-12-15(2,13)14/h9-12H,3-8H2,1-2H3. The van der Waals surface area contributed by atoms with Crippen molar-refractivity contribution in [3.05, 3.63) is 0 Å². The van der Waals surface area contributed by atoms with Gasteiger partial charge in [-0.25, -0.2) is 13.1 Å². The second kappa shape index (κ2) is 5.82. The fourth-order valence-corrected chi connectivity index (χ4v) is 2.62. The van der Waals surface area contributed by atoms with Gasteiger partial charge in [0.15, 0.2) is 0 Å². The van der Waals surface area contributed by atoms with E-state index in [1.54, 1.807) is 0 Å². The number of nitrogens with one attached hydrogen (secondary N) is 2. The van der Waals surface area contributed by atoms with Crippen LogP contribution in [0.3, 0.4) is 0 Å². The van der Waals surface area contributed by atoms with Crippen LogP contribution in [-0.2, 0) is 10.0 Å². The molecule has 1 rings (SSSR count). The minimum atomic E-state index is -3.03. The Kier molecular flexibility index (Phi) is 5.02. The molecule has 1 aliphatic rings. The highest BCUT2D eigenvalue weighted by Crippen LogP contribution is 2.27. The zero-order valence-electron chi connectivity index (χ0n) is 9.62. The Morgan fingerprint density at radius 2 is 2.00 bits per heavy atom. The smallest absolute Gasteiger partial charge is 0.208 e. The van der Waals surface area contributed by atoms with E-state index in [4.69, 9.17) is 0 Å². The minimum Gasteiger partial charge on any atom is -0.313 e. The fourth-order valence-electron chi connectivity index (χ4n) is 2.14. The van der Waals surface area contributed by atoms with Gasteiger partial charge in [0.2, 0.25) is 10.0 Å². The van der Waals surface area contributed by atoms with Gasteiger partial charge >= 0.3 is 0 Å². The molecule has 1 aliphatic carbocycles. The first kappa shape index (κ1) is 12.9. The van der Waals surface area contributed by atoms with Gasteiger partial charge in [-0.05, 0) is 25.2 Å². The first-order chi connectivity index (χ1) is 7.01. The first-order valence-corrected chi connectivity index (χ1v) is 7.58. The maximum absolute atomic E-state index is 10.8. The highest BCUT2D eigenvalue weighted by atomic mass is 32.2. The zero-order valence-corrected chi connectivity index (χ0v) is 10.4. The van der Waals surface area contributed by atoms with Crippen LogP contribution in [0.1, 0.15) is 32.6 Å². The Bertz CT molecular complexity index is 277. The van der Waals surface area contributed by atoms with Crippen molar-refractivity contribution >= 4 is 10.0 Å². The summed E-state index contributed by atoms with van der Waals surface area (Å²) in [6.07, 6.45) is 6.25. The molecule has 4 nitrogen and oxygen atoms in total. The molecule has 0 amide bonds. The van der Waals surface area contributed by atoms with E-state index in [0.29, 0.717) is 12.6 Å². The summed E-state index contributed by atoms with van der Waals surface area (Å²) in [5, 5.41) is 3.39. The molecule has 0 heterocycles. The summed E-state index contributed by atoms with van der Waals surface area (Å²) in [6.45, 7) is 3.46. The van der Waals surface area contributed by atoms with E-state index in [1.165, 1.54) is 31.9 Å². The van der Waals surface area contributed by atoms with Gasteiger partial charge in [-0.1, -0.05) is 13.3 Å². The molecule has 2 atom stereocenters. The molecular formula is C10H22N2O2S. The van der Waals surface area contributed by atoms with Gasteiger partial charge in [0.25, 0.3) is 0 Å². The summed E-state index contributed by atoms with van der Waals surface area (Å²) < 4.78 is 24.1. The highest BCUT2D eigenvalue weighted by molar-refractivity contribution is 7.88. The lowest BCUT2D eigenvalue weighted by Gasteiger charge is -2.12. The SMILES string of the molecule is CCC1CCC(NCCNS(C)(=O)=O)C1. The van der Waals surface area contributed by atoms with Crippen LogP contribution in [0.2, 0.25) is 0 Å². The molecule has 0 aliphatic heterocycles. The van der Waals surface area contributed by atoms with E-state index in [1.807, 2.05) is 0 Å². The Labute approximate surface area is 92.9 Å². The van der Waals surface area contributed by atoms with Crippen LogP contribution >= 0.6 is 0 Å². The Morgan fingerprint density at radius 1 is 1.27 bits per heavy atom. The van der Waals surface area contributed by atoms with Gasteiger partial charge in [0, 0.05) is 19.1 Å². The van der Waals surface area contributed by atoms with Crippen LogP contribution in [0.4, 0.5) is 0 Å². The third kappa shape index (κ3) is 5.49. The van der Waals surface area contributed by atoms with Crippen LogP contribution in [0, 0.1) is 5.92 Å². The zero-order chi connectivity index (χ0) is 11.3. The lowest BCUT2D eigenvalue weighted by atomic mass is 10.1. The highest BCUT2D eigenvalue weighted by Gasteiger charge is 2.22. The van der Waals surface area contributed by atoms with Crippen molar-refractivity contribution in [2.45, 2.75) is 38.6 Å². The maximum Gasteiger partial charge on any atom is 0.208 e. The molecule has 0 aromatic rings. The average Bonchev–Trinajstić information content (AvgIpc) is 2.59. The largest absolute Gasteiger partial charge is 0.313 e. The molecule has 0 radical (unpaired) electrons. The van der Waals surface area contributed by atoms with Gasteiger partial charge in [-0.2, -0.15) is 0 Å². The summed E-state index contributed by atoms with van der Waals surface area (Å²) in [5.41, 5.74) is 0. The lowest BCUT2D eigenvalue weighted by molar-refractivity contribution is 0.478. The summed E-state index contributed by atoms with van der Waals surface area (Å²) in [6, 6.07) is 0.594. The molecule has 5 heteroatoms. The molecule has 0 saturated heterocycles. The first-order valence-electron chi connectivity index (χ1n) is 5.69. The molecule has 0 bridgehead atoms. The van der Waals surface area contributed by atoms with Crippen LogP contribution in [-0.4, -0.2) is 33.8 Å². The molecule has 0 aromatic heterocycles. The normalized spacial score (nSPS) is 27.1. The van der Waals surface area contributed by atoms with E-state index in [2.05, 4.69) is 17.0 Å². The maximum atomic E-state index is 10.8. The van der Waals surface area contributed by atoms with E-state index in [0.717, 1.165) is 12.5 Å². The van der Waals surface area contributed by atoms with Crippen molar-refractivity contribution in [3.8, 4) is 0 Å². The van der Waals surface area contributed by atoms with Crippen LogP contribution in [0.15, 0.2) is 0 Å². The topological polar surface area (TPSA) is 58.2 Å². The Morgan fingerprint density at radius 3 is 2.53 bits per heavy atom. The lowest BCUT2D eigenvalue weighted by Crippen LogP contribution is -2.35. The number of hydrogen-bond acceptors (Lipinski definition) is 3. The van der Waals surface area contributed by atoms with Gasteiger partial charge in [-0.15, -0.1) is 0 Å². The molecular weight excluding hydrogens is 212 g/mol. The predicted octanol–water partition coefficient (Wildman–Crippen LogP) is 0.704. The van der Waals surface area contributed by atoms with Crippen LogP contribution in [0.5, 0.6) is 0 Å². The molecule has 2 unspecified atom stereocenters. The second-order valence-electron chi connectivity index (χ2n) is 4.40. The molecule has 2 N–H and O–H groups in total. The van der Waals surface area contributed by atoms with E-state index < -0.39 is 10.0 Å². The fraction of sp³-hybridized carbons (Fsp3) is 1.00. The van der Waals surface area contributed by atoms with E-state index in [9.17, 15) is 8.42 Å². The summed E-state index contributed by atoms with van der Waals surface area (Å²) in [5.74, 6) is 0.866. The van der Waals surface area contributed by atoms with Crippen molar-refractivity contribution in [1.82, 2.24) is 10.0 Å². The van der Waals surface area contributed by atoms with Crippen molar-refractivity contribution in [2.75, 3.05) is 19.3 Å². The summed E-state index contributed by atoms with van der Waals surface area (Å²) in [7, 11) is -3.03. The van der Waals surface area contributed by atoms with Gasteiger partial charge in [0.05, 0.1) is 6.26 Å². The molecule has 1 fully saturated rings. The monoisotopic (exact) mass is 234 g/mol. The summed E-state index contributed by atoms with van der Waals surface area (Å²) >= 11 is 0. The number of sulfonamides is 1. The van der Waals surface area contributed by atoms with Crippen LogP contribution in [0.25, 0.3) is 0 Å². The Hall–Kier alpha value is -0.130. The number of rotatable bonds is 6. The van der Waals surface area contributed by atoms with Crippen molar-refractivity contribution in [2.24, 2.45) is 5.92 Å². The van der Waals surface area contributed by atoms with E-state index in [-0.39, 0.29) is 0 Å². The molecule has 0 spiro atoms. The second-order valence-corrected chi connectivity index (χ2v) is 6.24.